The maximum absolute atomic E-state index is 12.6. The summed E-state index contributed by atoms with van der Waals surface area (Å²) >= 11 is 0. The standard InChI is InChI=1S/C13H19NO3S/c1-11-7-5-6-10-14(11)18(15,16)13-9-4-3-8-12(13)17-2/h3-4,8-9,11H,5-7,10H2,1-2H3. The molecule has 18 heavy (non-hydrogen) atoms. The summed E-state index contributed by atoms with van der Waals surface area (Å²) in [5, 5.41) is 0. The smallest absolute Gasteiger partial charge is 0.246 e. The quantitative estimate of drug-likeness (QED) is 0.845. The predicted molar refractivity (Wildman–Crippen MR) is 70.2 cm³/mol. The molecule has 0 aromatic heterocycles. The summed E-state index contributed by atoms with van der Waals surface area (Å²) in [4.78, 5) is 0.265. The van der Waals surface area contributed by atoms with Gasteiger partial charge in [0.05, 0.1) is 7.11 Å². The molecule has 2 rings (SSSR count). The lowest BCUT2D eigenvalue weighted by molar-refractivity contribution is 0.267. The van der Waals surface area contributed by atoms with Crippen LogP contribution in [0.5, 0.6) is 5.75 Å². The molecule has 1 atom stereocenters. The molecule has 4 nitrogen and oxygen atoms in total. The molecular weight excluding hydrogens is 250 g/mol. The minimum Gasteiger partial charge on any atom is -0.495 e. The molecule has 0 spiro atoms. The Hall–Kier alpha value is -1.07. The normalized spacial score (nSPS) is 21.8. The first-order valence-electron chi connectivity index (χ1n) is 6.22. The van der Waals surface area contributed by atoms with Crippen molar-refractivity contribution >= 4 is 10.0 Å². The first kappa shape index (κ1) is 13.4. The number of rotatable bonds is 3. The van der Waals surface area contributed by atoms with Gasteiger partial charge in [0.25, 0.3) is 0 Å². The summed E-state index contributed by atoms with van der Waals surface area (Å²) in [6.45, 7) is 2.56. The number of benzene rings is 1. The minimum atomic E-state index is -3.45. The number of hydrogen-bond acceptors (Lipinski definition) is 3. The average molecular weight is 269 g/mol. The van der Waals surface area contributed by atoms with Gasteiger partial charge in [0.1, 0.15) is 10.6 Å². The Morgan fingerprint density at radius 2 is 2.00 bits per heavy atom. The lowest BCUT2D eigenvalue weighted by atomic mass is 10.1. The summed E-state index contributed by atoms with van der Waals surface area (Å²) in [6, 6.07) is 6.85. The number of piperidine rings is 1. The summed E-state index contributed by atoms with van der Waals surface area (Å²) in [6.07, 6.45) is 2.95. The Bertz CT molecular complexity index is 513. The third-order valence-electron chi connectivity index (χ3n) is 3.40. The maximum Gasteiger partial charge on any atom is 0.246 e. The SMILES string of the molecule is COc1ccccc1S(=O)(=O)N1CCCCC1C. The van der Waals surface area contributed by atoms with Crippen LogP contribution >= 0.6 is 0 Å². The summed E-state index contributed by atoms with van der Waals surface area (Å²) in [5.41, 5.74) is 0. The Kier molecular flexibility index (Phi) is 3.92. The molecular formula is C13H19NO3S. The molecule has 1 aromatic carbocycles. The van der Waals surface area contributed by atoms with Gasteiger partial charge in [-0.2, -0.15) is 4.31 Å². The van der Waals surface area contributed by atoms with E-state index in [1.807, 2.05) is 6.92 Å². The monoisotopic (exact) mass is 269 g/mol. The van der Waals surface area contributed by atoms with E-state index in [0.717, 1.165) is 19.3 Å². The Morgan fingerprint density at radius 1 is 1.28 bits per heavy atom. The highest BCUT2D eigenvalue weighted by Crippen LogP contribution is 2.30. The zero-order valence-corrected chi connectivity index (χ0v) is 11.6. The van der Waals surface area contributed by atoms with Crippen LogP contribution in [0.1, 0.15) is 26.2 Å². The van der Waals surface area contributed by atoms with E-state index in [1.165, 1.54) is 7.11 Å². The molecule has 1 aliphatic heterocycles. The highest BCUT2D eigenvalue weighted by atomic mass is 32.2. The van der Waals surface area contributed by atoms with Gasteiger partial charge >= 0.3 is 0 Å². The van der Waals surface area contributed by atoms with Crippen LogP contribution in [0, 0.1) is 0 Å². The van der Waals surface area contributed by atoms with E-state index in [0.29, 0.717) is 12.3 Å². The molecule has 1 aliphatic rings. The van der Waals surface area contributed by atoms with Crippen LogP contribution in [0.4, 0.5) is 0 Å². The fourth-order valence-corrected chi connectivity index (χ4v) is 4.24. The van der Waals surface area contributed by atoms with E-state index >= 15 is 0 Å². The molecule has 1 heterocycles. The van der Waals surface area contributed by atoms with Crippen molar-refractivity contribution in [2.75, 3.05) is 13.7 Å². The fraction of sp³-hybridized carbons (Fsp3) is 0.538. The van der Waals surface area contributed by atoms with Gasteiger partial charge in [-0.05, 0) is 31.9 Å². The van der Waals surface area contributed by atoms with Gasteiger partial charge in [-0.3, -0.25) is 0 Å². The lowest BCUT2D eigenvalue weighted by Crippen LogP contribution is -2.42. The average Bonchev–Trinajstić information content (AvgIpc) is 2.39. The molecule has 1 saturated heterocycles. The minimum absolute atomic E-state index is 0.0636. The molecule has 0 radical (unpaired) electrons. The van der Waals surface area contributed by atoms with Crippen molar-refractivity contribution in [1.82, 2.24) is 4.31 Å². The predicted octanol–water partition coefficient (Wildman–Crippen LogP) is 2.26. The number of ether oxygens (including phenoxy) is 1. The van der Waals surface area contributed by atoms with Gasteiger partial charge < -0.3 is 4.74 Å². The fourth-order valence-electron chi connectivity index (χ4n) is 2.39. The van der Waals surface area contributed by atoms with Crippen LogP contribution in [0.25, 0.3) is 0 Å². The molecule has 1 unspecified atom stereocenters. The van der Waals surface area contributed by atoms with E-state index in [1.54, 1.807) is 28.6 Å². The highest BCUT2D eigenvalue weighted by molar-refractivity contribution is 7.89. The summed E-state index contributed by atoms with van der Waals surface area (Å²) < 4.78 is 32.0. The zero-order valence-electron chi connectivity index (χ0n) is 10.8. The number of nitrogens with zero attached hydrogens (tertiary/aromatic N) is 1. The van der Waals surface area contributed by atoms with Crippen LogP contribution in [0.2, 0.25) is 0 Å². The molecule has 0 amide bonds. The van der Waals surface area contributed by atoms with E-state index in [4.69, 9.17) is 4.74 Å². The van der Waals surface area contributed by atoms with Crippen molar-refractivity contribution < 1.29 is 13.2 Å². The molecule has 0 N–H and O–H groups in total. The number of para-hydroxylation sites is 1. The van der Waals surface area contributed by atoms with Crippen molar-refractivity contribution in [2.24, 2.45) is 0 Å². The van der Waals surface area contributed by atoms with Crippen LogP contribution in [-0.4, -0.2) is 32.4 Å². The third kappa shape index (κ3) is 2.37. The zero-order chi connectivity index (χ0) is 13.2. The first-order valence-corrected chi connectivity index (χ1v) is 7.66. The number of methoxy groups -OCH3 is 1. The van der Waals surface area contributed by atoms with Crippen molar-refractivity contribution in [3.63, 3.8) is 0 Å². The molecule has 5 heteroatoms. The van der Waals surface area contributed by atoms with Gasteiger partial charge in [-0.1, -0.05) is 18.6 Å². The first-order chi connectivity index (χ1) is 8.57. The van der Waals surface area contributed by atoms with Gasteiger partial charge in [0.15, 0.2) is 0 Å². The molecule has 0 saturated carbocycles. The summed E-state index contributed by atoms with van der Waals surface area (Å²) in [5.74, 6) is 0.412. The van der Waals surface area contributed by atoms with Crippen molar-refractivity contribution in [3.05, 3.63) is 24.3 Å². The van der Waals surface area contributed by atoms with E-state index in [2.05, 4.69) is 0 Å². The van der Waals surface area contributed by atoms with Gasteiger partial charge in [-0.15, -0.1) is 0 Å². The Labute approximate surface area is 109 Å². The molecule has 1 fully saturated rings. The van der Waals surface area contributed by atoms with Crippen LogP contribution in [0.3, 0.4) is 0 Å². The second-order valence-corrected chi connectivity index (χ2v) is 6.47. The van der Waals surface area contributed by atoms with Gasteiger partial charge in [-0.25, -0.2) is 8.42 Å². The van der Waals surface area contributed by atoms with Crippen LogP contribution in [-0.2, 0) is 10.0 Å². The molecule has 100 valence electrons. The largest absolute Gasteiger partial charge is 0.495 e. The van der Waals surface area contributed by atoms with E-state index < -0.39 is 10.0 Å². The van der Waals surface area contributed by atoms with Crippen LogP contribution in [0.15, 0.2) is 29.2 Å². The summed E-state index contributed by atoms with van der Waals surface area (Å²) in [7, 11) is -1.95. The van der Waals surface area contributed by atoms with Gasteiger partial charge in [0.2, 0.25) is 10.0 Å². The van der Waals surface area contributed by atoms with Gasteiger partial charge in [0, 0.05) is 12.6 Å². The van der Waals surface area contributed by atoms with Crippen LogP contribution < -0.4 is 4.74 Å². The van der Waals surface area contributed by atoms with Crippen molar-refractivity contribution in [3.8, 4) is 5.75 Å². The van der Waals surface area contributed by atoms with E-state index in [9.17, 15) is 8.42 Å². The Morgan fingerprint density at radius 3 is 2.67 bits per heavy atom. The molecule has 0 aliphatic carbocycles. The van der Waals surface area contributed by atoms with E-state index in [-0.39, 0.29) is 10.9 Å². The highest BCUT2D eigenvalue weighted by Gasteiger charge is 2.32. The molecule has 1 aromatic rings. The topological polar surface area (TPSA) is 46.6 Å². The second-order valence-electron chi connectivity index (χ2n) is 4.61. The molecule has 0 bridgehead atoms. The number of sulfonamides is 1. The Balaban J connectivity index is 2.41. The maximum atomic E-state index is 12.6. The van der Waals surface area contributed by atoms with Crippen molar-refractivity contribution in [2.45, 2.75) is 37.1 Å². The number of hydrogen-bond donors (Lipinski definition) is 0. The van der Waals surface area contributed by atoms with Crippen molar-refractivity contribution in [1.29, 1.82) is 0 Å². The lowest BCUT2D eigenvalue weighted by Gasteiger charge is -2.32. The third-order valence-corrected chi connectivity index (χ3v) is 5.45. The second kappa shape index (κ2) is 5.28.